The van der Waals surface area contributed by atoms with Crippen LogP contribution >= 0.6 is 11.8 Å². The van der Waals surface area contributed by atoms with Gasteiger partial charge in [0.15, 0.2) is 0 Å². The van der Waals surface area contributed by atoms with E-state index in [4.69, 9.17) is 5.31 Å². The van der Waals surface area contributed by atoms with E-state index in [0.717, 1.165) is 37.4 Å². The summed E-state index contributed by atoms with van der Waals surface area (Å²) in [4.78, 5) is 0. The minimum atomic E-state index is -0.295. The van der Waals surface area contributed by atoms with Crippen LogP contribution in [0, 0.1) is 5.21 Å². The number of hydrogen-bond acceptors (Lipinski definition) is 2. The first kappa shape index (κ1) is 8.23. The fourth-order valence-corrected chi connectivity index (χ4v) is 1.83. The Hall–Kier alpha value is 0.135. The standard InChI is InChI=1S/C5H10BN2OS/c7-6-10-8(9)4-2-1-3-5-8/h1-5H2/q-1. The van der Waals surface area contributed by atoms with Gasteiger partial charge < -0.3 is 0 Å². The molecule has 1 fully saturated rings. The van der Waals surface area contributed by atoms with Crippen molar-refractivity contribution < 1.29 is 4.05 Å². The molecule has 1 heterocycles. The predicted molar refractivity (Wildman–Crippen MR) is 43.9 cm³/mol. The molecule has 1 aliphatic heterocycles. The number of piperidine rings is 1. The molecule has 0 aliphatic carbocycles. The summed E-state index contributed by atoms with van der Waals surface area (Å²) in [6.07, 6.45) is 4.04. The Labute approximate surface area is 65.7 Å². The van der Waals surface area contributed by atoms with Gasteiger partial charge in [-0.3, -0.25) is 0 Å². The van der Waals surface area contributed by atoms with Gasteiger partial charge in [-0.2, -0.15) is 0 Å². The average molecular weight is 157 g/mol. The zero-order valence-corrected chi connectivity index (χ0v) is 6.64. The maximum atomic E-state index is 11.4. The van der Waals surface area contributed by atoms with Crippen molar-refractivity contribution in [3.8, 4) is 0 Å². The van der Waals surface area contributed by atoms with E-state index in [2.05, 4.69) is 0 Å². The van der Waals surface area contributed by atoms with Crippen LogP contribution in [0.1, 0.15) is 19.3 Å². The van der Waals surface area contributed by atoms with Gasteiger partial charge in [0.25, 0.3) is 0 Å². The molecule has 0 spiro atoms. The van der Waals surface area contributed by atoms with E-state index in [1.54, 1.807) is 0 Å². The van der Waals surface area contributed by atoms with Crippen molar-refractivity contribution in [2.75, 3.05) is 13.1 Å². The molecule has 0 saturated carbocycles. The predicted octanol–water partition coefficient (Wildman–Crippen LogP) is 1.51. The van der Waals surface area contributed by atoms with Crippen LogP contribution in [0.3, 0.4) is 0 Å². The second kappa shape index (κ2) is 3.50. The Bertz CT molecular complexity index is 127. The van der Waals surface area contributed by atoms with Crippen LogP contribution in [0.25, 0.3) is 5.31 Å². The van der Waals surface area contributed by atoms with Gasteiger partial charge in [0.2, 0.25) is 0 Å². The Morgan fingerprint density at radius 3 is 2.40 bits per heavy atom. The van der Waals surface area contributed by atoms with E-state index >= 15 is 0 Å². The summed E-state index contributed by atoms with van der Waals surface area (Å²) in [6.45, 7) is 1.28. The first-order chi connectivity index (χ1) is 4.77. The topological polar surface area (TPSA) is 45.4 Å². The van der Waals surface area contributed by atoms with Crippen LogP contribution in [0.2, 0.25) is 0 Å². The van der Waals surface area contributed by atoms with Crippen LogP contribution in [-0.2, 0) is 0 Å². The Kier molecular flexibility index (Phi) is 2.89. The summed E-state index contributed by atoms with van der Waals surface area (Å²) in [5, 5.41) is 19.8. The molecule has 0 N–H and O–H groups in total. The van der Waals surface area contributed by atoms with Gasteiger partial charge in [0, 0.05) is 0 Å². The van der Waals surface area contributed by atoms with Crippen molar-refractivity contribution in [3.05, 3.63) is 10.5 Å². The van der Waals surface area contributed by atoms with E-state index in [9.17, 15) is 5.21 Å². The first-order valence-electron chi connectivity index (χ1n) is 3.49. The molecule has 0 aromatic heterocycles. The van der Waals surface area contributed by atoms with Crippen molar-refractivity contribution in [2.45, 2.75) is 19.3 Å². The third kappa shape index (κ3) is 2.07. The molecule has 0 aromatic rings. The average Bonchev–Trinajstić information content (AvgIpc) is 1.89. The molecule has 0 amide bonds. The number of quaternary nitrogens is 1. The summed E-state index contributed by atoms with van der Waals surface area (Å²) >= 11 is 0.967. The van der Waals surface area contributed by atoms with Crippen molar-refractivity contribution in [2.24, 2.45) is 0 Å². The number of hydroxylamine groups is 2. The first-order valence-corrected chi connectivity index (χ1v) is 4.33. The molecule has 0 atom stereocenters. The van der Waals surface area contributed by atoms with Gasteiger partial charge in [-0.05, 0) is 0 Å². The molecule has 1 aliphatic rings. The Balaban J connectivity index is 2.39. The fourth-order valence-electron chi connectivity index (χ4n) is 1.19. The second-order valence-electron chi connectivity index (χ2n) is 2.53. The molecule has 1 rings (SSSR count). The summed E-state index contributed by atoms with van der Waals surface area (Å²) in [5.41, 5.74) is 0. The summed E-state index contributed by atoms with van der Waals surface area (Å²) in [5.74, 6) is 0. The van der Waals surface area contributed by atoms with Gasteiger partial charge in [0.05, 0.1) is 0 Å². The van der Waals surface area contributed by atoms with E-state index in [0.29, 0.717) is 13.1 Å². The zero-order valence-electron chi connectivity index (χ0n) is 5.82. The van der Waals surface area contributed by atoms with Crippen molar-refractivity contribution >= 4 is 18.1 Å². The van der Waals surface area contributed by atoms with Crippen LogP contribution in [0.5, 0.6) is 0 Å². The van der Waals surface area contributed by atoms with Crippen LogP contribution < -0.4 is 0 Å². The molecular formula is C5H10BN2OS-. The van der Waals surface area contributed by atoms with Crippen molar-refractivity contribution in [1.82, 2.24) is 0 Å². The molecule has 0 unspecified atom stereocenters. The quantitative estimate of drug-likeness (QED) is 0.264. The normalized spacial score (nSPS) is 23.7. The third-order valence-corrected chi connectivity index (χ3v) is 2.58. The molecule has 56 valence electrons. The Morgan fingerprint density at radius 2 is 1.90 bits per heavy atom. The zero-order chi connectivity index (χ0) is 7.45. The molecule has 0 radical (unpaired) electrons. The minimum absolute atomic E-state index is 0.295. The number of hydrogen-bond donors (Lipinski definition) is 0. The van der Waals surface area contributed by atoms with Gasteiger partial charge in [0.1, 0.15) is 0 Å². The molecule has 1 saturated heterocycles. The van der Waals surface area contributed by atoms with E-state index in [1.165, 1.54) is 0 Å². The second-order valence-corrected chi connectivity index (χ2v) is 3.62. The van der Waals surface area contributed by atoms with Crippen molar-refractivity contribution in [1.29, 1.82) is 0 Å². The Morgan fingerprint density at radius 1 is 1.30 bits per heavy atom. The van der Waals surface area contributed by atoms with Crippen LogP contribution in [-0.4, -0.2) is 23.5 Å². The van der Waals surface area contributed by atoms with Crippen LogP contribution in [0.4, 0.5) is 0 Å². The number of rotatable bonds is 2. The van der Waals surface area contributed by atoms with Crippen molar-refractivity contribution in [3.63, 3.8) is 0 Å². The summed E-state index contributed by atoms with van der Waals surface area (Å²) in [6, 6.07) is 0. The van der Waals surface area contributed by atoms with E-state index < -0.39 is 0 Å². The summed E-state index contributed by atoms with van der Waals surface area (Å²) in [7, 11) is 0. The van der Waals surface area contributed by atoms with E-state index in [-0.39, 0.29) is 4.05 Å². The van der Waals surface area contributed by atoms with E-state index in [1.807, 2.05) is 0 Å². The molecular weight excluding hydrogens is 147 g/mol. The van der Waals surface area contributed by atoms with Gasteiger partial charge in [-0.25, -0.2) is 0 Å². The van der Waals surface area contributed by atoms with Gasteiger partial charge in [-0.15, -0.1) is 0 Å². The molecule has 0 bridgehead atoms. The molecule has 5 heteroatoms. The molecule has 3 nitrogen and oxygen atoms in total. The SMILES string of the molecule is [N-]=BS[N+]1([O-])CCCCC1. The van der Waals surface area contributed by atoms with Crippen LogP contribution in [0.15, 0.2) is 0 Å². The fraction of sp³-hybridized carbons (Fsp3) is 1.00. The third-order valence-electron chi connectivity index (χ3n) is 1.74. The monoisotopic (exact) mass is 157 g/mol. The summed E-state index contributed by atoms with van der Waals surface area (Å²) < 4.78 is -0.295. The molecule has 0 aromatic carbocycles. The molecule has 10 heavy (non-hydrogen) atoms. The number of nitrogens with zero attached hydrogens (tertiary/aromatic N) is 2. The van der Waals surface area contributed by atoms with Gasteiger partial charge in [-0.1, -0.05) is 0 Å². The van der Waals surface area contributed by atoms with Gasteiger partial charge >= 0.3 is 65.1 Å². The maximum absolute atomic E-state index is 11.4.